The summed E-state index contributed by atoms with van der Waals surface area (Å²) < 4.78 is 13.0. The molecule has 0 bridgehead atoms. The fourth-order valence-electron chi connectivity index (χ4n) is 2.97. The normalized spacial score (nSPS) is 12.0. The first kappa shape index (κ1) is 17.3. The molecule has 132 valence electrons. The molecule has 0 fully saturated rings. The lowest BCUT2D eigenvalue weighted by atomic mass is 9.92. The molecule has 5 heteroatoms. The van der Waals surface area contributed by atoms with Crippen LogP contribution < -0.4 is 10.4 Å². The zero-order valence-corrected chi connectivity index (χ0v) is 15.9. The highest BCUT2D eigenvalue weighted by molar-refractivity contribution is 5.91. The number of methoxy groups -OCH3 is 1. The van der Waals surface area contributed by atoms with Gasteiger partial charge in [-0.1, -0.05) is 20.8 Å². The van der Waals surface area contributed by atoms with E-state index < -0.39 is 0 Å². The predicted octanol–water partition coefficient (Wildman–Crippen LogP) is 4.12. The van der Waals surface area contributed by atoms with Crippen LogP contribution in [-0.4, -0.2) is 16.9 Å². The molecule has 0 aliphatic heterocycles. The Kier molecular flexibility index (Phi) is 3.98. The highest BCUT2D eigenvalue weighted by Gasteiger charge is 2.21. The monoisotopic (exact) mass is 340 g/mol. The lowest BCUT2D eigenvalue weighted by molar-refractivity contribution is 0.418. The number of aromatic nitrogens is 2. The molecule has 0 aliphatic rings. The largest absolute Gasteiger partial charge is 0.496 e. The third-order valence-electron chi connectivity index (χ3n) is 4.68. The molecule has 0 amide bonds. The molecule has 2 heterocycles. The van der Waals surface area contributed by atoms with Crippen molar-refractivity contribution in [1.82, 2.24) is 9.78 Å². The fraction of sp³-hybridized carbons (Fsp3) is 0.400. The molecule has 3 rings (SSSR count). The van der Waals surface area contributed by atoms with Gasteiger partial charge in [0.25, 0.3) is 0 Å². The van der Waals surface area contributed by atoms with Gasteiger partial charge in [0, 0.05) is 23.6 Å². The van der Waals surface area contributed by atoms with Crippen LogP contribution in [0.15, 0.2) is 27.4 Å². The van der Waals surface area contributed by atoms with Crippen molar-refractivity contribution in [2.45, 2.75) is 40.0 Å². The van der Waals surface area contributed by atoms with Gasteiger partial charge in [0.2, 0.25) is 0 Å². The number of rotatable bonds is 2. The molecule has 0 unspecified atom stereocenters. The average molecular weight is 340 g/mol. The first-order valence-electron chi connectivity index (χ1n) is 8.30. The van der Waals surface area contributed by atoms with Gasteiger partial charge in [-0.2, -0.15) is 5.10 Å². The summed E-state index contributed by atoms with van der Waals surface area (Å²) in [6, 6.07) is 5.92. The zero-order valence-electron chi connectivity index (χ0n) is 15.9. The first-order valence-corrected chi connectivity index (χ1v) is 8.30. The number of nitrogens with zero attached hydrogens (tertiary/aromatic N) is 2. The van der Waals surface area contributed by atoms with Crippen LogP contribution in [0.25, 0.3) is 22.2 Å². The Morgan fingerprint density at radius 1 is 1.12 bits per heavy atom. The van der Waals surface area contributed by atoms with Gasteiger partial charge >= 0.3 is 5.63 Å². The summed E-state index contributed by atoms with van der Waals surface area (Å²) in [4.78, 5) is 12.1. The summed E-state index contributed by atoms with van der Waals surface area (Å²) >= 11 is 0. The van der Waals surface area contributed by atoms with Gasteiger partial charge in [-0.15, -0.1) is 0 Å². The van der Waals surface area contributed by atoms with E-state index in [2.05, 4.69) is 31.9 Å². The number of fused-ring (bicyclic) bond motifs is 1. The molecule has 5 nitrogen and oxygen atoms in total. The Hall–Kier alpha value is -2.56. The van der Waals surface area contributed by atoms with E-state index in [1.807, 2.05) is 30.8 Å². The number of hydrogen-bond acceptors (Lipinski definition) is 4. The maximum atomic E-state index is 12.1. The van der Waals surface area contributed by atoms with E-state index in [9.17, 15) is 4.79 Å². The fourth-order valence-corrected chi connectivity index (χ4v) is 2.97. The van der Waals surface area contributed by atoms with Crippen molar-refractivity contribution in [3.63, 3.8) is 0 Å². The van der Waals surface area contributed by atoms with Gasteiger partial charge in [0.1, 0.15) is 11.3 Å². The van der Waals surface area contributed by atoms with E-state index in [4.69, 9.17) is 9.15 Å². The summed E-state index contributed by atoms with van der Waals surface area (Å²) in [5, 5.41) is 5.46. The van der Waals surface area contributed by atoms with Crippen LogP contribution in [-0.2, 0) is 12.5 Å². The summed E-state index contributed by atoms with van der Waals surface area (Å²) in [6.07, 6.45) is 0. The molecule has 0 aliphatic carbocycles. The average Bonchev–Trinajstić information content (AvgIpc) is 2.93. The number of benzene rings is 1. The highest BCUT2D eigenvalue weighted by atomic mass is 16.5. The first-order chi connectivity index (χ1) is 11.6. The van der Waals surface area contributed by atoms with E-state index in [0.717, 1.165) is 27.9 Å². The minimum atomic E-state index is -0.315. The molecule has 0 spiro atoms. The smallest absolute Gasteiger partial charge is 0.339 e. The lowest BCUT2D eigenvalue weighted by Crippen LogP contribution is -2.12. The van der Waals surface area contributed by atoms with Crippen molar-refractivity contribution in [3.05, 3.63) is 45.4 Å². The quantitative estimate of drug-likeness (QED) is 0.659. The van der Waals surface area contributed by atoms with Crippen LogP contribution in [0.5, 0.6) is 5.75 Å². The Balaban J connectivity index is 2.31. The molecule has 0 N–H and O–H groups in total. The molecule has 0 atom stereocenters. The van der Waals surface area contributed by atoms with Gasteiger partial charge in [-0.3, -0.25) is 4.68 Å². The van der Waals surface area contributed by atoms with E-state index in [1.54, 1.807) is 14.0 Å². The summed E-state index contributed by atoms with van der Waals surface area (Å²) in [7, 11) is 3.54. The van der Waals surface area contributed by atoms with Gasteiger partial charge in [-0.05, 0) is 37.6 Å². The summed E-state index contributed by atoms with van der Waals surface area (Å²) in [5.74, 6) is 0.690. The molecule has 3 aromatic rings. The van der Waals surface area contributed by atoms with Gasteiger partial charge in [-0.25, -0.2) is 4.79 Å². The van der Waals surface area contributed by atoms with E-state index >= 15 is 0 Å². The third kappa shape index (κ3) is 2.84. The Morgan fingerprint density at radius 3 is 2.36 bits per heavy atom. The number of ether oxygens (including phenoxy) is 1. The van der Waals surface area contributed by atoms with Crippen LogP contribution in [0, 0.1) is 13.8 Å². The van der Waals surface area contributed by atoms with Crippen molar-refractivity contribution < 1.29 is 9.15 Å². The van der Waals surface area contributed by atoms with Crippen LogP contribution in [0.2, 0.25) is 0 Å². The Morgan fingerprint density at radius 2 is 1.80 bits per heavy atom. The molecular formula is C20H24N2O3. The minimum Gasteiger partial charge on any atom is -0.496 e. The molecule has 0 saturated carbocycles. The van der Waals surface area contributed by atoms with Crippen LogP contribution in [0.3, 0.4) is 0 Å². The highest BCUT2D eigenvalue weighted by Crippen LogP contribution is 2.35. The third-order valence-corrected chi connectivity index (χ3v) is 4.68. The summed E-state index contributed by atoms with van der Waals surface area (Å²) in [6.45, 7) is 10.1. The van der Waals surface area contributed by atoms with Crippen molar-refractivity contribution in [2.24, 2.45) is 7.05 Å². The maximum absolute atomic E-state index is 12.1. The van der Waals surface area contributed by atoms with Crippen molar-refractivity contribution in [1.29, 1.82) is 0 Å². The molecule has 1 aromatic carbocycles. The second-order valence-corrected chi connectivity index (χ2v) is 7.48. The second-order valence-electron chi connectivity index (χ2n) is 7.48. The van der Waals surface area contributed by atoms with Crippen molar-refractivity contribution >= 4 is 11.0 Å². The van der Waals surface area contributed by atoms with Gasteiger partial charge in [0.15, 0.2) is 0 Å². The SMILES string of the molecule is COc1cc(-c2cc(C(C)(C)C)nn2C)cc2oc(=O)c(C)c(C)c12. The van der Waals surface area contributed by atoms with Crippen LogP contribution >= 0.6 is 0 Å². The standard InChI is InChI=1S/C20H24N2O3/c1-11-12(2)19(23)25-16-9-13(8-15(24-7)18(11)16)14-10-17(20(3,4)5)21-22(14)6/h8-10H,1-7H3. The summed E-state index contributed by atoms with van der Waals surface area (Å²) in [5.41, 5.74) is 4.52. The number of hydrogen-bond donors (Lipinski definition) is 0. The zero-order chi connectivity index (χ0) is 18.5. The van der Waals surface area contributed by atoms with Gasteiger partial charge in [0.05, 0.1) is 23.9 Å². The van der Waals surface area contributed by atoms with Gasteiger partial charge < -0.3 is 9.15 Å². The minimum absolute atomic E-state index is 0.0444. The Labute approximate surface area is 147 Å². The molecule has 0 radical (unpaired) electrons. The second kappa shape index (κ2) is 5.76. The molecule has 0 saturated heterocycles. The van der Waals surface area contributed by atoms with Crippen molar-refractivity contribution in [3.8, 4) is 17.0 Å². The van der Waals surface area contributed by atoms with E-state index in [1.165, 1.54) is 0 Å². The lowest BCUT2D eigenvalue weighted by Gasteiger charge is -2.13. The molecule has 25 heavy (non-hydrogen) atoms. The van der Waals surface area contributed by atoms with Crippen molar-refractivity contribution in [2.75, 3.05) is 7.11 Å². The number of aryl methyl sites for hydroxylation is 2. The molecule has 2 aromatic heterocycles. The van der Waals surface area contributed by atoms with E-state index in [-0.39, 0.29) is 11.0 Å². The van der Waals surface area contributed by atoms with Crippen LogP contribution in [0.1, 0.15) is 37.6 Å². The van der Waals surface area contributed by atoms with E-state index in [0.29, 0.717) is 16.9 Å². The Bertz CT molecular complexity index is 1020. The predicted molar refractivity (Wildman–Crippen MR) is 99.4 cm³/mol. The topological polar surface area (TPSA) is 57.3 Å². The maximum Gasteiger partial charge on any atom is 0.339 e. The van der Waals surface area contributed by atoms with Crippen LogP contribution in [0.4, 0.5) is 0 Å². The molecular weight excluding hydrogens is 316 g/mol.